The third-order valence-corrected chi connectivity index (χ3v) is 4.54. The lowest BCUT2D eigenvalue weighted by Gasteiger charge is -2.22. The van der Waals surface area contributed by atoms with Crippen LogP contribution in [0.3, 0.4) is 0 Å². The van der Waals surface area contributed by atoms with E-state index in [1.807, 2.05) is 25.8 Å². The van der Waals surface area contributed by atoms with Crippen LogP contribution < -0.4 is 0 Å². The molecule has 0 radical (unpaired) electrons. The SMILES string of the molecule is CCN(CC)C(=O)CN(C)Cc1csc2ccccc12. The molecule has 1 amide bonds. The van der Waals surface area contributed by atoms with Gasteiger partial charge in [0.25, 0.3) is 0 Å². The van der Waals surface area contributed by atoms with Gasteiger partial charge in [0.05, 0.1) is 6.54 Å². The normalized spacial score (nSPS) is 11.2. The third kappa shape index (κ3) is 3.38. The van der Waals surface area contributed by atoms with Crippen LogP contribution in [-0.2, 0) is 11.3 Å². The zero-order chi connectivity index (χ0) is 14.5. The molecule has 0 aliphatic heterocycles. The molecule has 1 aromatic heterocycles. The summed E-state index contributed by atoms with van der Waals surface area (Å²) in [5, 5.41) is 3.50. The van der Waals surface area contributed by atoms with Crippen LogP contribution in [-0.4, -0.2) is 42.4 Å². The monoisotopic (exact) mass is 290 g/mol. The number of nitrogens with zero attached hydrogens (tertiary/aromatic N) is 2. The Balaban J connectivity index is 2.01. The van der Waals surface area contributed by atoms with Crippen molar-refractivity contribution < 1.29 is 4.79 Å². The summed E-state index contributed by atoms with van der Waals surface area (Å²) in [6, 6.07) is 8.43. The molecule has 3 nitrogen and oxygen atoms in total. The highest BCUT2D eigenvalue weighted by molar-refractivity contribution is 7.17. The number of rotatable bonds is 6. The van der Waals surface area contributed by atoms with Crippen LogP contribution in [0.2, 0.25) is 0 Å². The van der Waals surface area contributed by atoms with Crippen LogP contribution in [0.1, 0.15) is 19.4 Å². The standard InChI is InChI=1S/C16H22N2OS/c1-4-18(5-2)16(19)11-17(3)10-13-12-20-15-9-7-6-8-14(13)15/h6-9,12H,4-5,10-11H2,1-3H3. The Hall–Kier alpha value is -1.39. The van der Waals surface area contributed by atoms with E-state index in [1.54, 1.807) is 11.3 Å². The molecule has 0 fully saturated rings. The zero-order valence-electron chi connectivity index (χ0n) is 12.4. The topological polar surface area (TPSA) is 23.6 Å². The molecule has 108 valence electrons. The highest BCUT2D eigenvalue weighted by atomic mass is 32.1. The number of hydrogen-bond acceptors (Lipinski definition) is 3. The highest BCUT2D eigenvalue weighted by Gasteiger charge is 2.13. The number of hydrogen-bond donors (Lipinski definition) is 0. The predicted octanol–water partition coefficient (Wildman–Crippen LogP) is 3.20. The van der Waals surface area contributed by atoms with Gasteiger partial charge in [0, 0.05) is 24.3 Å². The van der Waals surface area contributed by atoms with E-state index in [1.165, 1.54) is 15.6 Å². The molecule has 0 saturated heterocycles. The number of amides is 1. The van der Waals surface area contributed by atoms with Crippen molar-refractivity contribution in [3.05, 3.63) is 35.2 Å². The summed E-state index contributed by atoms with van der Waals surface area (Å²) in [6.07, 6.45) is 0. The van der Waals surface area contributed by atoms with Gasteiger partial charge < -0.3 is 4.90 Å². The first-order valence-electron chi connectivity index (χ1n) is 7.07. The quantitative estimate of drug-likeness (QED) is 0.815. The molecule has 0 aliphatic rings. The summed E-state index contributed by atoms with van der Waals surface area (Å²) in [5.41, 5.74) is 1.31. The van der Waals surface area contributed by atoms with Crippen LogP contribution in [0.15, 0.2) is 29.6 Å². The van der Waals surface area contributed by atoms with E-state index in [-0.39, 0.29) is 5.91 Å². The molecule has 20 heavy (non-hydrogen) atoms. The number of carbonyl (C=O) groups is 1. The molecular formula is C16H22N2OS. The third-order valence-electron chi connectivity index (χ3n) is 3.52. The van der Waals surface area contributed by atoms with Crippen LogP contribution in [0.25, 0.3) is 10.1 Å². The van der Waals surface area contributed by atoms with Crippen molar-refractivity contribution in [3.8, 4) is 0 Å². The van der Waals surface area contributed by atoms with E-state index in [9.17, 15) is 4.79 Å². The van der Waals surface area contributed by atoms with Crippen LogP contribution in [0.5, 0.6) is 0 Å². The maximum Gasteiger partial charge on any atom is 0.236 e. The Morgan fingerprint density at radius 2 is 1.90 bits per heavy atom. The maximum absolute atomic E-state index is 12.1. The Morgan fingerprint density at radius 3 is 2.60 bits per heavy atom. The number of thiophene rings is 1. The van der Waals surface area contributed by atoms with E-state index in [2.05, 4.69) is 34.5 Å². The van der Waals surface area contributed by atoms with Gasteiger partial charge >= 0.3 is 0 Å². The van der Waals surface area contributed by atoms with Gasteiger partial charge in [-0.25, -0.2) is 0 Å². The van der Waals surface area contributed by atoms with Crippen molar-refractivity contribution in [3.63, 3.8) is 0 Å². The molecule has 0 spiro atoms. The van der Waals surface area contributed by atoms with Crippen molar-refractivity contribution in [2.45, 2.75) is 20.4 Å². The number of carbonyl (C=O) groups excluding carboxylic acids is 1. The molecule has 0 N–H and O–H groups in total. The summed E-state index contributed by atoms with van der Waals surface area (Å²) >= 11 is 1.77. The minimum absolute atomic E-state index is 0.206. The second-order valence-corrected chi connectivity index (χ2v) is 5.91. The van der Waals surface area contributed by atoms with Gasteiger partial charge in [-0.15, -0.1) is 11.3 Å². The van der Waals surface area contributed by atoms with Gasteiger partial charge in [0.2, 0.25) is 5.91 Å². The number of likely N-dealkylation sites (N-methyl/N-ethyl adjacent to an activating group) is 2. The van der Waals surface area contributed by atoms with Crippen molar-refractivity contribution >= 4 is 27.3 Å². The fourth-order valence-corrected chi connectivity index (χ4v) is 3.36. The van der Waals surface area contributed by atoms with E-state index < -0.39 is 0 Å². The van der Waals surface area contributed by atoms with Gasteiger partial charge in [-0.05, 0) is 43.3 Å². The summed E-state index contributed by atoms with van der Waals surface area (Å²) < 4.78 is 1.31. The molecular weight excluding hydrogens is 268 g/mol. The molecule has 0 bridgehead atoms. The average Bonchev–Trinajstić information content (AvgIpc) is 2.83. The molecule has 0 atom stereocenters. The lowest BCUT2D eigenvalue weighted by molar-refractivity contribution is -0.131. The lowest BCUT2D eigenvalue weighted by atomic mass is 10.2. The van der Waals surface area contributed by atoms with Gasteiger partial charge in [-0.2, -0.15) is 0 Å². The largest absolute Gasteiger partial charge is 0.342 e. The fourth-order valence-electron chi connectivity index (χ4n) is 2.41. The predicted molar refractivity (Wildman–Crippen MR) is 86.1 cm³/mol. The molecule has 0 saturated carbocycles. The number of fused-ring (bicyclic) bond motifs is 1. The van der Waals surface area contributed by atoms with Crippen molar-refractivity contribution in [2.75, 3.05) is 26.7 Å². The maximum atomic E-state index is 12.1. The second-order valence-electron chi connectivity index (χ2n) is 5.00. The van der Waals surface area contributed by atoms with Crippen LogP contribution >= 0.6 is 11.3 Å². The summed E-state index contributed by atoms with van der Waals surface area (Å²) in [4.78, 5) is 16.1. The smallest absolute Gasteiger partial charge is 0.236 e. The molecule has 0 aliphatic carbocycles. The fraction of sp³-hybridized carbons (Fsp3) is 0.438. The molecule has 1 heterocycles. The van der Waals surface area contributed by atoms with Gasteiger partial charge in [0.1, 0.15) is 0 Å². The molecule has 1 aromatic carbocycles. The molecule has 2 rings (SSSR count). The first-order chi connectivity index (χ1) is 9.65. The van der Waals surface area contributed by atoms with Crippen molar-refractivity contribution in [1.82, 2.24) is 9.80 Å². The van der Waals surface area contributed by atoms with Crippen molar-refractivity contribution in [2.24, 2.45) is 0 Å². The van der Waals surface area contributed by atoms with E-state index in [4.69, 9.17) is 0 Å². The zero-order valence-corrected chi connectivity index (χ0v) is 13.2. The van der Waals surface area contributed by atoms with Crippen LogP contribution in [0.4, 0.5) is 0 Å². The van der Waals surface area contributed by atoms with Crippen LogP contribution in [0, 0.1) is 0 Å². The van der Waals surface area contributed by atoms with E-state index >= 15 is 0 Å². The minimum Gasteiger partial charge on any atom is -0.342 e. The highest BCUT2D eigenvalue weighted by Crippen LogP contribution is 2.26. The Kier molecular flexibility index (Phi) is 5.15. The molecule has 2 aromatic rings. The number of benzene rings is 1. The first kappa shape index (κ1) is 15.0. The lowest BCUT2D eigenvalue weighted by Crippen LogP contribution is -2.38. The van der Waals surface area contributed by atoms with Gasteiger partial charge in [0.15, 0.2) is 0 Å². The second kappa shape index (κ2) is 6.86. The molecule has 0 unspecified atom stereocenters. The Bertz CT molecular complexity index is 575. The van der Waals surface area contributed by atoms with Crippen molar-refractivity contribution in [1.29, 1.82) is 0 Å². The minimum atomic E-state index is 0.206. The summed E-state index contributed by atoms with van der Waals surface area (Å²) in [7, 11) is 2.01. The van der Waals surface area contributed by atoms with E-state index in [0.29, 0.717) is 6.54 Å². The molecule has 4 heteroatoms. The van der Waals surface area contributed by atoms with Gasteiger partial charge in [-0.1, -0.05) is 18.2 Å². The summed E-state index contributed by atoms with van der Waals surface area (Å²) in [5.74, 6) is 0.206. The average molecular weight is 290 g/mol. The Labute approximate surface area is 124 Å². The first-order valence-corrected chi connectivity index (χ1v) is 7.95. The summed E-state index contributed by atoms with van der Waals surface area (Å²) in [6.45, 7) is 6.90. The Morgan fingerprint density at radius 1 is 1.20 bits per heavy atom. The van der Waals surface area contributed by atoms with Gasteiger partial charge in [-0.3, -0.25) is 9.69 Å². The van der Waals surface area contributed by atoms with E-state index in [0.717, 1.165) is 19.6 Å².